The molecule has 0 radical (unpaired) electrons. The first-order valence-electron chi connectivity index (χ1n) is 7.33. The zero-order chi connectivity index (χ0) is 15.2. The Hall–Kier alpha value is -1.09. The summed E-state index contributed by atoms with van der Waals surface area (Å²) in [5.74, 6) is 0. The molecular formula is C17H26O2S. The minimum absolute atomic E-state index is 0.401. The van der Waals surface area contributed by atoms with Crippen LogP contribution in [0.4, 0.5) is 0 Å². The number of unbranched alkanes of at least 4 members (excludes halogenated alkanes) is 2. The molecule has 1 atom stereocenters. The van der Waals surface area contributed by atoms with Gasteiger partial charge in [-0.2, -0.15) is 0 Å². The fraction of sp³-hybridized carbons (Fsp3) is 0.529. The van der Waals surface area contributed by atoms with Gasteiger partial charge in [-0.3, -0.25) is 0 Å². The number of allylic oxidation sites excluding steroid dienone is 1. The maximum atomic E-state index is 12.7. The molecule has 0 aliphatic heterocycles. The van der Waals surface area contributed by atoms with E-state index in [-0.39, 0.29) is 0 Å². The quantitative estimate of drug-likeness (QED) is 0.540. The van der Waals surface area contributed by atoms with E-state index in [0.717, 1.165) is 30.4 Å². The van der Waals surface area contributed by atoms with Crippen LogP contribution in [0.5, 0.6) is 0 Å². The van der Waals surface area contributed by atoms with E-state index in [4.69, 9.17) is 0 Å². The molecule has 0 unspecified atom stereocenters. The molecule has 0 aliphatic carbocycles. The van der Waals surface area contributed by atoms with Crippen molar-refractivity contribution >= 4 is 9.84 Å². The Kier molecular flexibility index (Phi) is 6.47. The monoisotopic (exact) mass is 294 g/mol. The van der Waals surface area contributed by atoms with Crippen LogP contribution in [0.2, 0.25) is 0 Å². The van der Waals surface area contributed by atoms with Gasteiger partial charge in [-0.15, -0.1) is 0 Å². The second kappa shape index (κ2) is 7.63. The van der Waals surface area contributed by atoms with Crippen molar-refractivity contribution in [3.63, 3.8) is 0 Å². The Balaban J connectivity index is 3.04. The molecule has 112 valence electrons. The third-order valence-electron chi connectivity index (χ3n) is 3.36. The minimum Gasteiger partial charge on any atom is -0.223 e. The fourth-order valence-electron chi connectivity index (χ4n) is 2.20. The lowest BCUT2D eigenvalue weighted by Crippen LogP contribution is -2.20. The summed E-state index contributed by atoms with van der Waals surface area (Å²) in [6.07, 6.45) is 5.73. The summed E-state index contributed by atoms with van der Waals surface area (Å²) in [4.78, 5) is 0.432. The second-order valence-electron chi connectivity index (χ2n) is 5.64. The third-order valence-corrected chi connectivity index (χ3v) is 5.46. The van der Waals surface area contributed by atoms with Crippen molar-refractivity contribution in [1.82, 2.24) is 0 Å². The first-order valence-corrected chi connectivity index (χ1v) is 8.88. The van der Waals surface area contributed by atoms with E-state index in [0.29, 0.717) is 11.3 Å². The van der Waals surface area contributed by atoms with E-state index >= 15 is 0 Å². The van der Waals surface area contributed by atoms with Gasteiger partial charge >= 0.3 is 0 Å². The summed E-state index contributed by atoms with van der Waals surface area (Å²) in [7, 11) is -3.27. The van der Waals surface area contributed by atoms with Gasteiger partial charge in [-0.05, 0) is 39.3 Å². The smallest absolute Gasteiger partial charge is 0.184 e. The van der Waals surface area contributed by atoms with Gasteiger partial charge in [0.2, 0.25) is 0 Å². The third kappa shape index (κ3) is 4.78. The molecule has 3 heteroatoms. The molecule has 1 aromatic rings. The van der Waals surface area contributed by atoms with E-state index < -0.39 is 15.1 Å². The van der Waals surface area contributed by atoms with Crippen LogP contribution in [0, 0.1) is 6.92 Å². The number of benzene rings is 1. The SMILES string of the molecule is CCCCC[C@H](C=C(C)C)S(=O)(=O)c1ccc(C)cc1. The van der Waals surface area contributed by atoms with E-state index in [1.807, 2.05) is 39.0 Å². The van der Waals surface area contributed by atoms with Gasteiger partial charge in [0, 0.05) is 0 Å². The molecule has 2 nitrogen and oxygen atoms in total. The van der Waals surface area contributed by atoms with Crippen molar-refractivity contribution in [3.05, 3.63) is 41.5 Å². The maximum Gasteiger partial charge on any atom is 0.184 e. The highest BCUT2D eigenvalue weighted by Crippen LogP contribution is 2.23. The average Bonchev–Trinajstić information content (AvgIpc) is 2.38. The number of sulfone groups is 1. The molecule has 0 aliphatic rings. The predicted octanol–water partition coefficient (Wildman–Crippen LogP) is 4.68. The number of aryl methyl sites for hydroxylation is 1. The first kappa shape index (κ1) is 17.0. The number of hydrogen-bond donors (Lipinski definition) is 0. The van der Waals surface area contributed by atoms with Crippen LogP contribution in [0.3, 0.4) is 0 Å². The molecule has 0 fully saturated rings. The second-order valence-corrected chi connectivity index (χ2v) is 7.80. The summed E-state index contributed by atoms with van der Waals surface area (Å²) < 4.78 is 25.5. The van der Waals surface area contributed by atoms with Gasteiger partial charge in [-0.1, -0.05) is 55.5 Å². The van der Waals surface area contributed by atoms with Crippen LogP contribution in [0.15, 0.2) is 40.8 Å². The van der Waals surface area contributed by atoms with Gasteiger partial charge in [-0.25, -0.2) is 8.42 Å². The standard InChI is InChI=1S/C17H26O2S/c1-5-6-7-8-17(13-14(2)3)20(18,19)16-11-9-15(4)10-12-16/h9-13,17H,5-8H2,1-4H3/t17-/m1/s1. The normalized spacial score (nSPS) is 13.0. The zero-order valence-corrected chi connectivity index (χ0v) is 13.8. The fourth-order valence-corrected chi connectivity index (χ4v) is 3.99. The molecular weight excluding hydrogens is 268 g/mol. The number of rotatable bonds is 7. The molecule has 1 aromatic carbocycles. The van der Waals surface area contributed by atoms with Gasteiger partial charge in [0.15, 0.2) is 9.84 Å². The van der Waals surface area contributed by atoms with Crippen molar-refractivity contribution in [2.75, 3.05) is 0 Å². The van der Waals surface area contributed by atoms with Crippen molar-refractivity contribution in [1.29, 1.82) is 0 Å². The highest BCUT2D eigenvalue weighted by Gasteiger charge is 2.24. The molecule has 20 heavy (non-hydrogen) atoms. The van der Waals surface area contributed by atoms with Crippen LogP contribution < -0.4 is 0 Å². The van der Waals surface area contributed by atoms with E-state index in [1.54, 1.807) is 12.1 Å². The molecule has 0 heterocycles. The Morgan fingerprint density at radius 1 is 1.15 bits per heavy atom. The van der Waals surface area contributed by atoms with Crippen LogP contribution >= 0.6 is 0 Å². The molecule has 0 N–H and O–H groups in total. The van der Waals surface area contributed by atoms with E-state index in [2.05, 4.69) is 6.92 Å². The van der Waals surface area contributed by atoms with Crippen molar-refractivity contribution < 1.29 is 8.42 Å². The molecule has 0 spiro atoms. The summed E-state index contributed by atoms with van der Waals surface area (Å²) in [5, 5.41) is -0.401. The lowest BCUT2D eigenvalue weighted by molar-refractivity contribution is 0.575. The Labute approximate surface area is 123 Å². The lowest BCUT2D eigenvalue weighted by Gasteiger charge is -2.15. The Bertz CT molecular complexity index is 535. The van der Waals surface area contributed by atoms with Crippen LogP contribution in [0.1, 0.15) is 52.0 Å². The molecule has 0 amide bonds. The van der Waals surface area contributed by atoms with Crippen molar-refractivity contribution in [2.45, 2.75) is 63.5 Å². The Morgan fingerprint density at radius 3 is 2.25 bits per heavy atom. The van der Waals surface area contributed by atoms with E-state index in [1.165, 1.54) is 0 Å². The van der Waals surface area contributed by atoms with Crippen LogP contribution in [-0.4, -0.2) is 13.7 Å². The predicted molar refractivity (Wildman–Crippen MR) is 85.7 cm³/mol. The largest absolute Gasteiger partial charge is 0.223 e. The van der Waals surface area contributed by atoms with Crippen LogP contribution in [0.25, 0.3) is 0 Å². The average molecular weight is 294 g/mol. The summed E-state index contributed by atoms with van der Waals surface area (Å²) in [6, 6.07) is 7.16. The first-order chi connectivity index (χ1) is 9.37. The summed E-state index contributed by atoms with van der Waals surface area (Å²) >= 11 is 0. The molecule has 0 saturated carbocycles. The van der Waals surface area contributed by atoms with Gasteiger partial charge in [0.05, 0.1) is 10.1 Å². The summed E-state index contributed by atoms with van der Waals surface area (Å²) in [5.41, 5.74) is 2.14. The van der Waals surface area contributed by atoms with E-state index in [9.17, 15) is 8.42 Å². The van der Waals surface area contributed by atoms with Crippen molar-refractivity contribution in [2.24, 2.45) is 0 Å². The zero-order valence-electron chi connectivity index (χ0n) is 13.0. The highest BCUT2D eigenvalue weighted by molar-refractivity contribution is 7.92. The lowest BCUT2D eigenvalue weighted by atomic mass is 10.1. The topological polar surface area (TPSA) is 34.1 Å². The Morgan fingerprint density at radius 2 is 1.75 bits per heavy atom. The molecule has 0 aromatic heterocycles. The number of hydrogen-bond acceptors (Lipinski definition) is 2. The summed E-state index contributed by atoms with van der Waals surface area (Å²) in [6.45, 7) is 8.00. The molecule has 0 bridgehead atoms. The van der Waals surface area contributed by atoms with Gasteiger partial charge in [0.1, 0.15) is 0 Å². The molecule has 1 rings (SSSR count). The van der Waals surface area contributed by atoms with Crippen LogP contribution in [-0.2, 0) is 9.84 Å². The molecule has 0 saturated heterocycles. The van der Waals surface area contributed by atoms with Gasteiger partial charge in [0.25, 0.3) is 0 Å². The van der Waals surface area contributed by atoms with Crippen molar-refractivity contribution in [3.8, 4) is 0 Å². The minimum atomic E-state index is -3.27. The van der Waals surface area contributed by atoms with Gasteiger partial charge < -0.3 is 0 Å². The maximum absolute atomic E-state index is 12.7. The highest BCUT2D eigenvalue weighted by atomic mass is 32.2.